The third-order valence-corrected chi connectivity index (χ3v) is 3.28. The average Bonchev–Trinajstić information content (AvgIpc) is 2.37. The predicted molar refractivity (Wildman–Crippen MR) is 75.1 cm³/mol. The number of benzene rings is 1. The van der Waals surface area contributed by atoms with Crippen LogP contribution in [0.1, 0.15) is 32.3 Å². The molecule has 0 aliphatic heterocycles. The molecule has 2 nitrogen and oxygen atoms in total. The molecule has 0 aromatic heterocycles. The van der Waals surface area contributed by atoms with Crippen LogP contribution in [0, 0.1) is 5.82 Å². The Kier molecular flexibility index (Phi) is 6.91. The van der Waals surface area contributed by atoms with Gasteiger partial charge in [0.1, 0.15) is 5.82 Å². The van der Waals surface area contributed by atoms with E-state index in [1.165, 1.54) is 25.0 Å². The number of nitrogens with one attached hydrogen (secondary N) is 1. The van der Waals surface area contributed by atoms with Crippen molar-refractivity contribution in [2.45, 2.75) is 39.3 Å². The molecule has 0 radical (unpaired) electrons. The minimum absolute atomic E-state index is 0.170. The van der Waals surface area contributed by atoms with Crippen LogP contribution >= 0.6 is 0 Å². The van der Waals surface area contributed by atoms with Gasteiger partial charge < -0.3 is 10.2 Å². The Morgan fingerprint density at radius 2 is 1.78 bits per heavy atom. The molecule has 0 aliphatic carbocycles. The Morgan fingerprint density at radius 1 is 1.17 bits per heavy atom. The summed E-state index contributed by atoms with van der Waals surface area (Å²) in [6, 6.07) is 7.36. The highest BCUT2D eigenvalue weighted by Gasteiger charge is 2.04. The van der Waals surface area contributed by atoms with Gasteiger partial charge in [0.25, 0.3) is 0 Å². The molecule has 0 atom stereocenters. The van der Waals surface area contributed by atoms with Crippen LogP contribution in [0.15, 0.2) is 24.3 Å². The summed E-state index contributed by atoms with van der Waals surface area (Å²) in [4.78, 5) is 2.25. The molecule has 1 N–H and O–H groups in total. The van der Waals surface area contributed by atoms with Crippen LogP contribution in [0.2, 0.25) is 0 Å². The Morgan fingerprint density at radius 3 is 2.33 bits per heavy atom. The van der Waals surface area contributed by atoms with Crippen molar-refractivity contribution in [3.8, 4) is 0 Å². The van der Waals surface area contributed by atoms with E-state index in [0.717, 1.165) is 25.2 Å². The van der Waals surface area contributed by atoms with Crippen molar-refractivity contribution in [1.82, 2.24) is 10.2 Å². The fourth-order valence-electron chi connectivity index (χ4n) is 2.02. The van der Waals surface area contributed by atoms with Gasteiger partial charge in [-0.25, -0.2) is 4.39 Å². The summed E-state index contributed by atoms with van der Waals surface area (Å²) in [6.07, 6.45) is 2.36. The molecule has 0 saturated carbocycles. The highest BCUT2D eigenvalue weighted by atomic mass is 19.1. The van der Waals surface area contributed by atoms with Gasteiger partial charge in [-0.3, -0.25) is 0 Å². The lowest BCUT2D eigenvalue weighted by molar-refractivity contribution is 0.314. The summed E-state index contributed by atoms with van der Waals surface area (Å²) in [5, 5.41) is 3.54. The zero-order chi connectivity index (χ0) is 13.4. The van der Waals surface area contributed by atoms with Crippen molar-refractivity contribution in [2.24, 2.45) is 0 Å². The van der Waals surface area contributed by atoms with Crippen LogP contribution in [0.3, 0.4) is 0 Å². The number of hydrogen-bond donors (Lipinski definition) is 1. The second-order valence-electron chi connectivity index (χ2n) is 4.83. The molecule has 3 heteroatoms. The Hall–Kier alpha value is -0.930. The maximum atomic E-state index is 12.8. The fraction of sp³-hybridized carbons (Fsp3) is 0.600. The van der Waals surface area contributed by atoms with Crippen LogP contribution in [0.25, 0.3) is 0 Å². The summed E-state index contributed by atoms with van der Waals surface area (Å²) in [7, 11) is 2.10. The molecule has 0 spiro atoms. The Labute approximate surface area is 110 Å². The average molecular weight is 252 g/mol. The summed E-state index contributed by atoms with van der Waals surface area (Å²) < 4.78 is 12.8. The van der Waals surface area contributed by atoms with Crippen molar-refractivity contribution in [3.63, 3.8) is 0 Å². The van der Waals surface area contributed by atoms with E-state index < -0.39 is 0 Å². The largest absolute Gasteiger partial charge is 0.313 e. The van der Waals surface area contributed by atoms with E-state index in [9.17, 15) is 4.39 Å². The van der Waals surface area contributed by atoms with Gasteiger partial charge in [-0.2, -0.15) is 0 Å². The molecular weight excluding hydrogens is 227 g/mol. The van der Waals surface area contributed by atoms with Crippen LogP contribution in [0.4, 0.5) is 4.39 Å². The van der Waals surface area contributed by atoms with Crippen molar-refractivity contribution in [3.05, 3.63) is 35.6 Å². The molecule has 0 unspecified atom stereocenters. The molecule has 102 valence electrons. The van der Waals surface area contributed by atoms with Gasteiger partial charge in [-0.15, -0.1) is 0 Å². The zero-order valence-electron chi connectivity index (χ0n) is 11.7. The molecular formula is C15H25FN2. The first kappa shape index (κ1) is 15.1. The fourth-order valence-corrected chi connectivity index (χ4v) is 2.02. The topological polar surface area (TPSA) is 15.3 Å². The van der Waals surface area contributed by atoms with Gasteiger partial charge in [0.15, 0.2) is 0 Å². The summed E-state index contributed by atoms with van der Waals surface area (Å²) >= 11 is 0. The van der Waals surface area contributed by atoms with E-state index in [2.05, 4.69) is 31.1 Å². The lowest BCUT2D eigenvalue weighted by atomic mass is 10.2. The predicted octanol–water partition coefficient (Wildman–Crippen LogP) is 3.04. The third-order valence-electron chi connectivity index (χ3n) is 3.28. The molecule has 1 aromatic rings. The van der Waals surface area contributed by atoms with Gasteiger partial charge in [-0.1, -0.05) is 26.0 Å². The number of halogens is 1. The summed E-state index contributed by atoms with van der Waals surface area (Å²) in [5.41, 5.74) is 1.15. The maximum absolute atomic E-state index is 12.8. The lowest BCUT2D eigenvalue weighted by Gasteiger charge is -2.20. The minimum atomic E-state index is -0.170. The van der Waals surface area contributed by atoms with Gasteiger partial charge in [0.2, 0.25) is 0 Å². The second kappa shape index (κ2) is 8.22. The number of likely N-dealkylation sites (N-methyl/N-ethyl adjacent to an activating group) is 1. The molecule has 0 fully saturated rings. The van der Waals surface area contributed by atoms with E-state index >= 15 is 0 Å². The minimum Gasteiger partial charge on any atom is -0.313 e. The van der Waals surface area contributed by atoms with Gasteiger partial charge in [-0.05, 0) is 37.6 Å². The quantitative estimate of drug-likeness (QED) is 0.765. The summed E-state index contributed by atoms with van der Waals surface area (Å²) in [6.45, 7) is 7.30. The molecule has 0 saturated heterocycles. The van der Waals surface area contributed by atoms with E-state index in [1.807, 2.05) is 12.1 Å². The first-order valence-electron chi connectivity index (χ1n) is 6.82. The smallest absolute Gasteiger partial charge is 0.123 e. The number of hydrogen-bond acceptors (Lipinski definition) is 2. The Balaban J connectivity index is 2.25. The van der Waals surface area contributed by atoms with Crippen molar-refractivity contribution in [1.29, 1.82) is 0 Å². The van der Waals surface area contributed by atoms with E-state index in [0.29, 0.717) is 6.04 Å². The van der Waals surface area contributed by atoms with Crippen molar-refractivity contribution < 1.29 is 4.39 Å². The van der Waals surface area contributed by atoms with Crippen LogP contribution in [-0.4, -0.2) is 31.1 Å². The third kappa shape index (κ3) is 5.61. The Bertz CT molecular complexity index is 320. The molecule has 0 amide bonds. The van der Waals surface area contributed by atoms with Crippen LogP contribution in [0.5, 0.6) is 0 Å². The van der Waals surface area contributed by atoms with Gasteiger partial charge >= 0.3 is 0 Å². The zero-order valence-corrected chi connectivity index (χ0v) is 11.7. The van der Waals surface area contributed by atoms with Crippen LogP contribution in [-0.2, 0) is 6.54 Å². The molecule has 1 aromatic carbocycles. The van der Waals surface area contributed by atoms with Gasteiger partial charge in [0, 0.05) is 25.7 Å². The molecule has 0 bridgehead atoms. The second-order valence-corrected chi connectivity index (χ2v) is 4.83. The lowest BCUT2D eigenvalue weighted by Crippen LogP contribution is -2.35. The molecule has 18 heavy (non-hydrogen) atoms. The maximum Gasteiger partial charge on any atom is 0.123 e. The standard InChI is InChI=1S/C15H25FN2/c1-4-15(5-2)17-10-11-18(3)12-13-6-8-14(16)9-7-13/h6-9,15,17H,4-5,10-12H2,1-3H3. The summed E-state index contributed by atoms with van der Waals surface area (Å²) in [5.74, 6) is -0.170. The monoisotopic (exact) mass is 252 g/mol. The highest BCUT2D eigenvalue weighted by molar-refractivity contribution is 5.15. The van der Waals surface area contributed by atoms with E-state index in [-0.39, 0.29) is 5.82 Å². The number of rotatable bonds is 8. The SMILES string of the molecule is CCC(CC)NCCN(C)Cc1ccc(F)cc1. The van der Waals surface area contributed by atoms with E-state index in [4.69, 9.17) is 0 Å². The molecule has 0 heterocycles. The van der Waals surface area contributed by atoms with Crippen LogP contribution < -0.4 is 5.32 Å². The highest BCUT2D eigenvalue weighted by Crippen LogP contribution is 2.05. The number of nitrogens with zero attached hydrogens (tertiary/aromatic N) is 1. The molecule has 0 aliphatic rings. The van der Waals surface area contributed by atoms with Crippen molar-refractivity contribution in [2.75, 3.05) is 20.1 Å². The van der Waals surface area contributed by atoms with Crippen molar-refractivity contribution >= 4 is 0 Å². The molecule has 1 rings (SSSR count). The first-order valence-corrected chi connectivity index (χ1v) is 6.82. The van der Waals surface area contributed by atoms with Gasteiger partial charge in [0.05, 0.1) is 0 Å². The normalized spacial score (nSPS) is 11.4. The first-order chi connectivity index (χ1) is 8.65. The van der Waals surface area contributed by atoms with E-state index in [1.54, 1.807) is 0 Å².